The number of hydrogen-bond donors (Lipinski definition) is 2. The number of anilines is 2. The first-order valence-electron chi connectivity index (χ1n) is 6.34. The monoisotopic (exact) mass is 280 g/mol. The number of carbonyl (C=O) groups excluding carboxylic acids is 3. The molecule has 0 aliphatic heterocycles. The van der Waals surface area contributed by atoms with Gasteiger partial charge in [0.05, 0.1) is 16.8 Å². The number of rotatable bonds is 1. The van der Waals surface area contributed by atoms with Gasteiger partial charge in [-0.2, -0.15) is 0 Å². The van der Waals surface area contributed by atoms with Crippen LogP contribution in [0.1, 0.15) is 49.1 Å². The van der Waals surface area contributed by atoms with Crippen LogP contribution in [0.15, 0.2) is 30.3 Å². The zero-order valence-corrected chi connectivity index (χ0v) is 11.3. The van der Waals surface area contributed by atoms with Crippen LogP contribution in [-0.4, -0.2) is 17.3 Å². The lowest BCUT2D eigenvalue weighted by Crippen LogP contribution is -2.24. The minimum Gasteiger partial charge on any atom is -0.398 e. The van der Waals surface area contributed by atoms with E-state index in [-0.39, 0.29) is 45.4 Å². The fourth-order valence-corrected chi connectivity index (χ4v) is 2.70. The first kappa shape index (κ1) is 13.1. The summed E-state index contributed by atoms with van der Waals surface area (Å²) in [5.74, 6) is -1.01. The largest absolute Gasteiger partial charge is 0.398 e. The van der Waals surface area contributed by atoms with Gasteiger partial charge in [-0.3, -0.25) is 14.4 Å². The third-order valence-electron chi connectivity index (χ3n) is 3.64. The molecule has 0 aromatic heterocycles. The van der Waals surface area contributed by atoms with Crippen molar-refractivity contribution >= 4 is 28.7 Å². The molecule has 0 heterocycles. The summed E-state index contributed by atoms with van der Waals surface area (Å²) in [6, 6.07) is 7.88. The normalized spacial score (nSPS) is 12.8. The lowest BCUT2D eigenvalue weighted by Gasteiger charge is -2.21. The molecule has 4 N–H and O–H groups in total. The van der Waals surface area contributed by atoms with Gasteiger partial charge in [0, 0.05) is 22.4 Å². The molecule has 0 fully saturated rings. The van der Waals surface area contributed by atoms with Gasteiger partial charge in [0.15, 0.2) is 17.3 Å². The van der Waals surface area contributed by atoms with E-state index in [0.717, 1.165) is 0 Å². The van der Waals surface area contributed by atoms with Crippen molar-refractivity contribution in [1.82, 2.24) is 0 Å². The minimum absolute atomic E-state index is 0.0228. The van der Waals surface area contributed by atoms with Gasteiger partial charge in [0.25, 0.3) is 0 Å². The first-order valence-corrected chi connectivity index (χ1v) is 6.34. The van der Waals surface area contributed by atoms with Crippen LogP contribution in [0.2, 0.25) is 0 Å². The molecule has 0 unspecified atom stereocenters. The Kier molecular flexibility index (Phi) is 2.66. The fraction of sp³-hybridized carbons (Fsp3) is 0.0625. The summed E-state index contributed by atoms with van der Waals surface area (Å²) >= 11 is 0. The van der Waals surface area contributed by atoms with E-state index in [0.29, 0.717) is 11.1 Å². The summed E-state index contributed by atoms with van der Waals surface area (Å²) in [5, 5.41) is 0. The van der Waals surface area contributed by atoms with Crippen LogP contribution >= 0.6 is 0 Å². The van der Waals surface area contributed by atoms with Crippen LogP contribution in [0.4, 0.5) is 11.4 Å². The van der Waals surface area contributed by atoms with Crippen LogP contribution in [-0.2, 0) is 0 Å². The highest BCUT2D eigenvalue weighted by Gasteiger charge is 2.33. The summed E-state index contributed by atoms with van der Waals surface area (Å²) in [6.45, 7) is 1.32. The average Bonchev–Trinajstić information content (AvgIpc) is 2.44. The zero-order valence-electron chi connectivity index (χ0n) is 11.3. The van der Waals surface area contributed by atoms with E-state index in [4.69, 9.17) is 11.5 Å². The van der Waals surface area contributed by atoms with E-state index >= 15 is 0 Å². The highest BCUT2D eigenvalue weighted by molar-refractivity contribution is 6.31. The number of carbonyl (C=O) groups is 3. The van der Waals surface area contributed by atoms with Crippen LogP contribution in [0, 0.1) is 0 Å². The van der Waals surface area contributed by atoms with E-state index in [1.54, 1.807) is 24.3 Å². The van der Waals surface area contributed by atoms with Crippen molar-refractivity contribution < 1.29 is 14.4 Å². The van der Waals surface area contributed by atoms with E-state index < -0.39 is 0 Å². The number of nitrogens with two attached hydrogens (primary N) is 2. The molecule has 5 heteroatoms. The number of ketones is 3. The number of Topliss-reactive ketones (excluding diaryl/α,β-unsaturated/α-hetero) is 1. The minimum atomic E-state index is -0.361. The third-order valence-corrected chi connectivity index (χ3v) is 3.64. The predicted molar refractivity (Wildman–Crippen MR) is 78.6 cm³/mol. The molecular weight excluding hydrogens is 268 g/mol. The van der Waals surface area contributed by atoms with Crippen LogP contribution < -0.4 is 11.5 Å². The SMILES string of the molecule is CC(=O)c1c(N)cc2c(c1N)C(=O)c1ccccc1C2=O. The lowest BCUT2D eigenvalue weighted by molar-refractivity contribution is 0.0978. The molecule has 0 spiro atoms. The molecule has 1 aliphatic rings. The van der Waals surface area contributed by atoms with Gasteiger partial charge < -0.3 is 11.5 Å². The maximum Gasteiger partial charge on any atom is 0.196 e. The van der Waals surface area contributed by atoms with E-state index in [1.807, 2.05) is 0 Å². The molecule has 2 aromatic rings. The van der Waals surface area contributed by atoms with E-state index in [2.05, 4.69) is 0 Å². The standard InChI is InChI=1S/C16H12N2O3/c1-7(19)12-11(17)6-10-13(14(12)18)16(21)9-5-3-2-4-8(9)15(10)20/h2-6H,17-18H2,1H3. The zero-order chi connectivity index (χ0) is 15.3. The predicted octanol–water partition coefficient (Wildman–Crippen LogP) is 1.83. The van der Waals surface area contributed by atoms with Crippen molar-refractivity contribution in [2.24, 2.45) is 0 Å². The Bertz CT molecular complexity index is 838. The van der Waals surface area contributed by atoms with Crippen molar-refractivity contribution in [2.75, 3.05) is 11.5 Å². The van der Waals surface area contributed by atoms with Gasteiger partial charge in [-0.15, -0.1) is 0 Å². The first-order chi connectivity index (χ1) is 9.93. The van der Waals surface area contributed by atoms with Crippen LogP contribution in [0.3, 0.4) is 0 Å². The molecule has 5 nitrogen and oxygen atoms in total. The summed E-state index contributed by atoms with van der Waals surface area (Å²) < 4.78 is 0. The highest BCUT2D eigenvalue weighted by atomic mass is 16.1. The van der Waals surface area contributed by atoms with Gasteiger partial charge in [-0.25, -0.2) is 0 Å². The summed E-state index contributed by atoms with van der Waals surface area (Å²) in [4.78, 5) is 36.7. The molecule has 0 saturated heterocycles. The second kappa shape index (κ2) is 4.28. The Morgan fingerprint density at radius 1 is 0.952 bits per heavy atom. The molecule has 1 aliphatic carbocycles. The van der Waals surface area contributed by atoms with E-state index in [1.165, 1.54) is 13.0 Å². The summed E-state index contributed by atoms with van der Waals surface area (Å²) in [6.07, 6.45) is 0. The maximum absolute atomic E-state index is 12.6. The topological polar surface area (TPSA) is 103 Å². The summed E-state index contributed by atoms with van der Waals surface area (Å²) in [7, 11) is 0. The highest BCUT2D eigenvalue weighted by Crippen LogP contribution is 2.35. The van der Waals surface area contributed by atoms with Crippen molar-refractivity contribution in [3.05, 3.63) is 58.1 Å². The van der Waals surface area contributed by atoms with Crippen molar-refractivity contribution in [3.8, 4) is 0 Å². The van der Waals surface area contributed by atoms with Crippen LogP contribution in [0.5, 0.6) is 0 Å². The smallest absolute Gasteiger partial charge is 0.196 e. The Hall–Kier alpha value is -2.95. The molecule has 0 saturated carbocycles. The van der Waals surface area contributed by atoms with Crippen molar-refractivity contribution in [3.63, 3.8) is 0 Å². The lowest BCUT2D eigenvalue weighted by atomic mass is 9.81. The average molecular weight is 280 g/mol. The van der Waals surface area contributed by atoms with Gasteiger partial charge in [0.1, 0.15) is 0 Å². The number of nitrogen functional groups attached to an aromatic ring is 2. The van der Waals surface area contributed by atoms with Gasteiger partial charge in [-0.1, -0.05) is 24.3 Å². The molecule has 0 bridgehead atoms. The quantitative estimate of drug-likeness (QED) is 0.523. The molecule has 104 valence electrons. The number of benzene rings is 2. The van der Waals surface area contributed by atoms with Crippen LogP contribution in [0.25, 0.3) is 0 Å². The van der Waals surface area contributed by atoms with E-state index in [9.17, 15) is 14.4 Å². The third kappa shape index (κ3) is 1.67. The van der Waals surface area contributed by atoms with Crippen molar-refractivity contribution in [2.45, 2.75) is 6.92 Å². The molecule has 3 rings (SSSR count). The maximum atomic E-state index is 12.6. The molecule has 0 radical (unpaired) electrons. The second-order valence-electron chi connectivity index (χ2n) is 4.94. The Morgan fingerprint density at radius 2 is 1.52 bits per heavy atom. The van der Waals surface area contributed by atoms with Gasteiger partial charge >= 0.3 is 0 Å². The number of fused-ring (bicyclic) bond motifs is 2. The Labute approximate surface area is 120 Å². The Balaban J connectivity index is 2.39. The molecule has 2 aromatic carbocycles. The van der Waals surface area contributed by atoms with Crippen molar-refractivity contribution in [1.29, 1.82) is 0 Å². The summed E-state index contributed by atoms with van der Waals surface area (Å²) in [5.41, 5.74) is 12.8. The number of hydrogen-bond acceptors (Lipinski definition) is 5. The Morgan fingerprint density at radius 3 is 2.10 bits per heavy atom. The van der Waals surface area contributed by atoms with Gasteiger partial charge in [-0.05, 0) is 13.0 Å². The second-order valence-corrected chi connectivity index (χ2v) is 4.94. The molecule has 0 amide bonds. The fourth-order valence-electron chi connectivity index (χ4n) is 2.70. The molecule has 21 heavy (non-hydrogen) atoms. The van der Waals surface area contributed by atoms with Gasteiger partial charge in [0.2, 0.25) is 0 Å². The molecular formula is C16H12N2O3. The molecule has 0 atom stereocenters.